The van der Waals surface area contributed by atoms with Gasteiger partial charge in [0.2, 0.25) is 0 Å². The van der Waals surface area contributed by atoms with Crippen molar-refractivity contribution in [2.24, 2.45) is 0 Å². The Bertz CT molecular complexity index is 587. The van der Waals surface area contributed by atoms with Crippen molar-refractivity contribution in [3.63, 3.8) is 0 Å². The second-order valence-corrected chi connectivity index (χ2v) is 4.99. The first-order valence-electron chi connectivity index (χ1n) is 6.91. The van der Waals surface area contributed by atoms with Crippen molar-refractivity contribution in [1.82, 2.24) is 9.55 Å². The van der Waals surface area contributed by atoms with Crippen molar-refractivity contribution < 1.29 is 9.84 Å². The van der Waals surface area contributed by atoms with Crippen LogP contribution in [0.5, 0.6) is 5.75 Å². The molecule has 0 radical (unpaired) electrons. The van der Waals surface area contributed by atoms with Gasteiger partial charge in [-0.25, -0.2) is 4.98 Å². The van der Waals surface area contributed by atoms with Crippen molar-refractivity contribution >= 4 is 5.76 Å². The highest BCUT2D eigenvalue weighted by molar-refractivity contribution is 5.62. The summed E-state index contributed by atoms with van der Waals surface area (Å²) in [4.78, 5) is 4.11. The Labute approximate surface area is 118 Å². The Kier molecular flexibility index (Phi) is 3.46. The van der Waals surface area contributed by atoms with Crippen LogP contribution in [0.4, 0.5) is 0 Å². The Balaban J connectivity index is 1.73. The highest BCUT2D eigenvalue weighted by Crippen LogP contribution is 2.33. The van der Waals surface area contributed by atoms with E-state index in [0.29, 0.717) is 6.04 Å². The lowest BCUT2D eigenvalue weighted by molar-refractivity contribution is 0.125. The Morgan fingerprint density at radius 2 is 2.20 bits per heavy atom. The van der Waals surface area contributed by atoms with Crippen LogP contribution in [0.2, 0.25) is 0 Å². The number of hydrogen-bond donors (Lipinski definition) is 1. The van der Waals surface area contributed by atoms with E-state index in [4.69, 9.17) is 4.74 Å². The van der Waals surface area contributed by atoms with E-state index < -0.39 is 0 Å². The number of nitrogens with zero attached hydrogens (tertiary/aromatic N) is 2. The average molecular weight is 270 g/mol. The van der Waals surface area contributed by atoms with E-state index in [1.165, 1.54) is 0 Å². The summed E-state index contributed by atoms with van der Waals surface area (Å²) >= 11 is 0. The predicted molar refractivity (Wildman–Crippen MR) is 77.1 cm³/mol. The second kappa shape index (κ2) is 5.41. The van der Waals surface area contributed by atoms with Crippen LogP contribution in [0.1, 0.15) is 31.4 Å². The molecule has 0 saturated heterocycles. The van der Waals surface area contributed by atoms with Gasteiger partial charge in [-0.05, 0) is 36.8 Å². The summed E-state index contributed by atoms with van der Waals surface area (Å²) in [5, 5.41) is 9.33. The van der Waals surface area contributed by atoms with Gasteiger partial charge in [-0.2, -0.15) is 0 Å². The lowest BCUT2D eigenvalue weighted by Gasteiger charge is -2.24. The van der Waals surface area contributed by atoms with E-state index in [0.717, 1.165) is 24.2 Å². The number of ether oxygens (including phenoxy) is 1. The summed E-state index contributed by atoms with van der Waals surface area (Å²) in [5.74, 6) is 1.17. The maximum Gasteiger partial charge on any atom is 0.123 e. The second-order valence-electron chi connectivity index (χ2n) is 4.99. The smallest absolute Gasteiger partial charge is 0.123 e. The Morgan fingerprint density at radius 3 is 2.85 bits per heavy atom. The third kappa shape index (κ3) is 2.41. The number of aromatic hydroxyl groups is 1. The molecule has 2 aromatic rings. The largest absolute Gasteiger partial charge is 0.508 e. The van der Waals surface area contributed by atoms with Crippen molar-refractivity contribution in [3.8, 4) is 5.75 Å². The highest BCUT2D eigenvalue weighted by atomic mass is 16.5. The third-order valence-corrected chi connectivity index (χ3v) is 3.72. The van der Waals surface area contributed by atoms with Crippen molar-refractivity contribution in [2.45, 2.75) is 31.9 Å². The average Bonchev–Trinajstić information content (AvgIpc) is 3.12. The first-order chi connectivity index (χ1) is 9.78. The lowest BCUT2D eigenvalue weighted by Crippen LogP contribution is -2.22. The number of aromatic nitrogens is 2. The summed E-state index contributed by atoms with van der Waals surface area (Å²) in [6.45, 7) is 2.16. The normalized spacial score (nSPS) is 19.4. The van der Waals surface area contributed by atoms with Gasteiger partial charge in [0, 0.05) is 24.4 Å². The number of benzene rings is 1. The van der Waals surface area contributed by atoms with E-state index in [2.05, 4.69) is 22.6 Å². The molecule has 0 spiro atoms. The fraction of sp³-hybridized carbons (Fsp3) is 0.312. The molecule has 0 aliphatic carbocycles. The molecule has 0 bridgehead atoms. The molecule has 1 aromatic carbocycles. The molecule has 2 heterocycles. The topological polar surface area (TPSA) is 47.3 Å². The molecule has 104 valence electrons. The zero-order valence-corrected chi connectivity index (χ0v) is 11.4. The maximum atomic E-state index is 9.33. The number of hydrogen-bond acceptors (Lipinski definition) is 3. The van der Waals surface area contributed by atoms with E-state index in [1.54, 1.807) is 18.3 Å². The zero-order chi connectivity index (χ0) is 13.9. The van der Waals surface area contributed by atoms with Crippen LogP contribution in [-0.4, -0.2) is 20.8 Å². The Hall–Kier alpha value is -2.23. The fourth-order valence-corrected chi connectivity index (χ4v) is 2.66. The summed E-state index contributed by atoms with van der Waals surface area (Å²) in [7, 11) is 0. The predicted octanol–water partition coefficient (Wildman–Crippen LogP) is 3.37. The van der Waals surface area contributed by atoms with Gasteiger partial charge in [0.05, 0.1) is 12.4 Å². The van der Waals surface area contributed by atoms with Crippen LogP contribution >= 0.6 is 0 Å². The molecule has 1 aliphatic rings. The zero-order valence-electron chi connectivity index (χ0n) is 11.4. The molecule has 0 amide bonds. The van der Waals surface area contributed by atoms with Gasteiger partial charge >= 0.3 is 0 Å². The van der Waals surface area contributed by atoms with E-state index in [-0.39, 0.29) is 11.9 Å². The molecule has 4 heteroatoms. The molecule has 1 aliphatic heterocycles. The third-order valence-electron chi connectivity index (χ3n) is 3.72. The molecular formula is C16H18N2O2. The van der Waals surface area contributed by atoms with Crippen LogP contribution in [0.15, 0.2) is 49.1 Å². The number of phenols is 1. The monoisotopic (exact) mass is 270 g/mol. The fourth-order valence-electron chi connectivity index (χ4n) is 2.66. The molecule has 0 fully saturated rings. The summed E-state index contributed by atoms with van der Waals surface area (Å²) in [6.07, 6.45) is 9.78. The van der Waals surface area contributed by atoms with Gasteiger partial charge in [-0.15, -0.1) is 0 Å². The van der Waals surface area contributed by atoms with Gasteiger partial charge < -0.3 is 14.4 Å². The molecule has 1 aromatic heterocycles. The quantitative estimate of drug-likeness (QED) is 0.926. The molecule has 2 unspecified atom stereocenters. The standard InChI is InChI=1S/C16H18N2O2/c1-2-14(18-10-9-17-11-18)16-8-7-15(20-16)12-3-5-13(19)6-4-12/h3-7,9-11,14,16,19H,2,8H2,1H3. The van der Waals surface area contributed by atoms with Crippen molar-refractivity contribution in [2.75, 3.05) is 0 Å². The summed E-state index contributed by atoms with van der Waals surface area (Å²) < 4.78 is 8.20. The van der Waals surface area contributed by atoms with Crippen LogP contribution in [0.3, 0.4) is 0 Å². The molecule has 0 saturated carbocycles. The number of phenolic OH excluding ortho intramolecular Hbond substituents is 1. The van der Waals surface area contributed by atoms with Crippen LogP contribution < -0.4 is 0 Å². The molecule has 2 atom stereocenters. The Morgan fingerprint density at radius 1 is 1.40 bits per heavy atom. The first kappa shape index (κ1) is 12.8. The number of rotatable bonds is 4. The van der Waals surface area contributed by atoms with Crippen LogP contribution in [0.25, 0.3) is 5.76 Å². The minimum atomic E-state index is 0.137. The van der Waals surface area contributed by atoms with Gasteiger partial charge in [-0.3, -0.25) is 0 Å². The number of imidazole rings is 1. The summed E-state index contributed by atoms with van der Waals surface area (Å²) in [5.41, 5.74) is 1.01. The van der Waals surface area contributed by atoms with Crippen molar-refractivity contribution in [1.29, 1.82) is 0 Å². The first-order valence-corrected chi connectivity index (χ1v) is 6.91. The van der Waals surface area contributed by atoms with Gasteiger partial charge in [0.25, 0.3) is 0 Å². The summed E-state index contributed by atoms with van der Waals surface area (Å²) in [6, 6.07) is 7.41. The SMILES string of the molecule is CCC(C1CC=C(c2ccc(O)cc2)O1)n1ccnc1. The van der Waals surface area contributed by atoms with E-state index in [9.17, 15) is 5.11 Å². The van der Waals surface area contributed by atoms with Crippen LogP contribution in [0, 0.1) is 0 Å². The van der Waals surface area contributed by atoms with Crippen LogP contribution in [-0.2, 0) is 4.74 Å². The highest BCUT2D eigenvalue weighted by Gasteiger charge is 2.27. The minimum absolute atomic E-state index is 0.137. The van der Waals surface area contributed by atoms with Gasteiger partial charge in [0.15, 0.2) is 0 Å². The minimum Gasteiger partial charge on any atom is -0.508 e. The lowest BCUT2D eigenvalue weighted by atomic mass is 10.1. The molecule has 4 nitrogen and oxygen atoms in total. The van der Waals surface area contributed by atoms with E-state index in [1.807, 2.05) is 24.7 Å². The molecule has 20 heavy (non-hydrogen) atoms. The van der Waals surface area contributed by atoms with Gasteiger partial charge in [0.1, 0.15) is 17.6 Å². The molecular weight excluding hydrogens is 252 g/mol. The molecule has 1 N–H and O–H groups in total. The van der Waals surface area contributed by atoms with E-state index >= 15 is 0 Å². The molecule has 3 rings (SSSR count). The maximum absolute atomic E-state index is 9.33. The van der Waals surface area contributed by atoms with Gasteiger partial charge in [-0.1, -0.05) is 6.92 Å². The van der Waals surface area contributed by atoms with Crippen molar-refractivity contribution in [3.05, 3.63) is 54.6 Å².